The van der Waals surface area contributed by atoms with Crippen LogP contribution in [0, 0.1) is 6.92 Å². The molecule has 1 aromatic heterocycles. The number of aromatic nitrogens is 1. The van der Waals surface area contributed by atoms with Gasteiger partial charge in [0.25, 0.3) is 6.43 Å². The molecule has 66 valence electrons. The molecule has 0 unspecified atom stereocenters. The summed E-state index contributed by atoms with van der Waals surface area (Å²) in [5.41, 5.74) is -0.274. The van der Waals surface area contributed by atoms with Crippen molar-refractivity contribution in [3.63, 3.8) is 0 Å². The maximum atomic E-state index is 12.1. The minimum atomic E-state index is -2.66. The Balaban J connectivity index is 3.27. The Morgan fingerprint density at radius 2 is 2.17 bits per heavy atom. The van der Waals surface area contributed by atoms with Gasteiger partial charge >= 0.3 is 0 Å². The van der Waals surface area contributed by atoms with E-state index < -0.39 is 12.1 Å². The van der Waals surface area contributed by atoms with Gasteiger partial charge < -0.3 is 5.11 Å². The topological polar surface area (TPSA) is 33.1 Å². The molecule has 1 rings (SSSR count). The van der Waals surface area contributed by atoms with E-state index in [1.807, 2.05) is 0 Å². The molecule has 0 saturated carbocycles. The van der Waals surface area contributed by atoms with E-state index >= 15 is 0 Å². The molecule has 0 fully saturated rings. The maximum absolute atomic E-state index is 12.1. The molecule has 0 amide bonds. The highest BCUT2D eigenvalue weighted by Crippen LogP contribution is 2.31. The van der Waals surface area contributed by atoms with Crippen LogP contribution in [0.4, 0.5) is 8.78 Å². The standard InChI is InChI=1S/C7H6ClF2NO/c1-3-5(8)4(12)2-11-6(3)7(9)10/h2,7,12H,1H3. The predicted octanol–water partition coefficient (Wildman–Crippen LogP) is 2.69. The Kier molecular flexibility index (Phi) is 2.47. The molecule has 0 bridgehead atoms. The number of pyridine rings is 1. The average Bonchev–Trinajstić information content (AvgIpc) is 2.00. The third-order valence-electron chi connectivity index (χ3n) is 1.47. The number of hydrogen-bond acceptors (Lipinski definition) is 2. The Bertz CT molecular complexity index is 304. The third-order valence-corrected chi connectivity index (χ3v) is 1.95. The van der Waals surface area contributed by atoms with Crippen molar-refractivity contribution in [3.8, 4) is 5.75 Å². The van der Waals surface area contributed by atoms with Gasteiger partial charge in [0.2, 0.25) is 0 Å². The normalized spacial score (nSPS) is 10.8. The summed E-state index contributed by atoms with van der Waals surface area (Å²) >= 11 is 5.50. The molecule has 0 saturated heterocycles. The molecule has 0 aromatic carbocycles. The van der Waals surface area contributed by atoms with E-state index in [0.717, 1.165) is 6.20 Å². The van der Waals surface area contributed by atoms with Gasteiger partial charge in [0, 0.05) is 0 Å². The number of aromatic hydroxyl groups is 1. The highest BCUT2D eigenvalue weighted by molar-refractivity contribution is 6.32. The lowest BCUT2D eigenvalue weighted by atomic mass is 10.2. The summed E-state index contributed by atoms with van der Waals surface area (Å²) in [6, 6.07) is 0. The van der Waals surface area contributed by atoms with Crippen molar-refractivity contribution in [1.82, 2.24) is 4.98 Å². The summed E-state index contributed by atoms with van der Waals surface area (Å²) in [5, 5.41) is 8.90. The summed E-state index contributed by atoms with van der Waals surface area (Å²) in [5.74, 6) is -0.279. The largest absolute Gasteiger partial charge is 0.505 e. The van der Waals surface area contributed by atoms with Crippen molar-refractivity contribution < 1.29 is 13.9 Å². The number of halogens is 3. The van der Waals surface area contributed by atoms with Crippen molar-refractivity contribution in [1.29, 1.82) is 0 Å². The van der Waals surface area contributed by atoms with Crippen molar-refractivity contribution in [2.75, 3.05) is 0 Å². The Morgan fingerprint density at radius 1 is 1.58 bits per heavy atom. The molecule has 0 aliphatic carbocycles. The Hall–Kier alpha value is -0.900. The molecule has 1 N–H and O–H groups in total. The van der Waals surface area contributed by atoms with Crippen LogP contribution < -0.4 is 0 Å². The molecular formula is C7H6ClF2NO. The zero-order valence-corrected chi connectivity index (χ0v) is 6.94. The van der Waals surface area contributed by atoms with Gasteiger partial charge in [-0.3, -0.25) is 4.98 Å². The first kappa shape index (κ1) is 9.19. The first-order valence-electron chi connectivity index (χ1n) is 3.16. The quantitative estimate of drug-likeness (QED) is 0.744. The maximum Gasteiger partial charge on any atom is 0.280 e. The second-order valence-corrected chi connectivity index (χ2v) is 2.65. The van der Waals surface area contributed by atoms with Gasteiger partial charge in [-0.1, -0.05) is 11.6 Å². The molecule has 1 aromatic rings. The SMILES string of the molecule is Cc1c(C(F)F)ncc(O)c1Cl. The van der Waals surface area contributed by atoms with Crippen LogP contribution in [0.2, 0.25) is 5.02 Å². The lowest BCUT2D eigenvalue weighted by molar-refractivity contribution is 0.145. The van der Waals surface area contributed by atoms with Gasteiger partial charge in [0.05, 0.1) is 11.2 Å². The van der Waals surface area contributed by atoms with E-state index in [1.165, 1.54) is 6.92 Å². The van der Waals surface area contributed by atoms with Crippen LogP contribution in [0.25, 0.3) is 0 Å². The lowest BCUT2D eigenvalue weighted by Gasteiger charge is -2.05. The minimum Gasteiger partial charge on any atom is -0.505 e. The summed E-state index contributed by atoms with van der Waals surface area (Å²) < 4.78 is 24.3. The molecule has 12 heavy (non-hydrogen) atoms. The van der Waals surface area contributed by atoms with Crippen LogP contribution in [0.5, 0.6) is 5.75 Å². The fraction of sp³-hybridized carbons (Fsp3) is 0.286. The van der Waals surface area contributed by atoms with Crippen molar-refractivity contribution in [3.05, 3.63) is 22.5 Å². The molecule has 1 heterocycles. The molecule has 2 nitrogen and oxygen atoms in total. The Morgan fingerprint density at radius 3 is 2.67 bits per heavy atom. The van der Waals surface area contributed by atoms with Crippen LogP contribution in [-0.4, -0.2) is 10.1 Å². The second-order valence-electron chi connectivity index (χ2n) is 2.27. The Labute approximate surface area is 72.8 Å². The monoisotopic (exact) mass is 193 g/mol. The molecule has 0 spiro atoms. The van der Waals surface area contributed by atoms with Crippen molar-refractivity contribution >= 4 is 11.6 Å². The summed E-state index contributed by atoms with van der Waals surface area (Å²) in [6.07, 6.45) is -1.75. The average molecular weight is 194 g/mol. The van der Waals surface area contributed by atoms with Gasteiger partial charge in [-0.25, -0.2) is 8.78 Å². The van der Waals surface area contributed by atoms with Crippen LogP contribution in [0.1, 0.15) is 17.7 Å². The molecule has 0 radical (unpaired) electrons. The van der Waals surface area contributed by atoms with Gasteiger partial charge in [0.15, 0.2) is 5.75 Å². The van der Waals surface area contributed by atoms with E-state index in [2.05, 4.69) is 4.98 Å². The molecule has 0 aliphatic heterocycles. The van der Waals surface area contributed by atoms with Gasteiger partial charge in [-0.2, -0.15) is 0 Å². The van der Waals surface area contributed by atoms with Crippen LogP contribution in [0.3, 0.4) is 0 Å². The highest BCUT2D eigenvalue weighted by Gasteiger charge is 2.16. The van der Waals surface area contributed by atoms with E-state index in [0.29, 0.717) is 0 Å². The van der Waals surface area contributed by atoms with E-state index in [-0.39, 0.29) is 16.3 Å². The molecule has 0 atom stereocenters. The first-order valence-corrected chi connectivity index (χ1v) is 3.54. The van der Waals surface area contributed by atoms with Gasteiger partial charge in [-0.05, 0) is 12.5 Å². The minimum absolute atomic E-state index is 0.0692. The molecular weight excluding hydrogens is 188 g/mol. The fourth-order valence-corrected chi connectivity index (χ4v) is 0.954. The predicted molar refractivity (Wildman–Crippen MR) is 40.6 cm³/mol. The lowest BCUT2D eigenvalue weighted by Crippen LogP contribution is -1.94. The number of nitrogens with zero attached hydrogens (tertiary/aromatic N) is 1. The fourth-order valence-electron chi connectivity index (χ4n) is 0.809. The molecule has 0 aliphatic rings. The zero-order chi connectivity index (χ0) is 9.30. The van der Waals surface area contributed by atoms with E-state index in [4.69, 9.17) is 16.7 Å². The zero-order valence-electron chi connectivity index (χ0n) is 6.18. The van der Waals surface area contributed by atoms with E-state index in [9.17, 15) is 8.78 Å². The number of alkyl halides is 2. The second kappa shape index (κ2) is 3.23. The number of hydrogen-bond donors (Lipinski definition) is 1. The van der Waals surface area contributed by atoms with Crippen LogP contribution >= 0.6 is 11.6 Å². The highest BCUT2D eigenvalue weighted by atomic mass is 35.5. The van der Waals surface area contributed by atoms with Crippen molar-refractivity contribution in [2.24, 2.45) is 0 Å². The third kappa shape index (κ3) is 1.48. The van der Waals surface area contributed by atoms with Gasteiger partial charge in [-0.15, -0.1) is 0 Å². The first-order chi connectivity index (χ1) is 5.54. The van der Waals surface area contributed by atoms with E-state index in [1.54, 1.807) is 0 Å². The summed E-state index contributed by atoms with van der Waals surface area (Å²) in [4.78, 5) is 3.35. The van der Waals surface area contributed by atoms with Crippen LogP contribution in [-0.2, 0) is 0 Å². The summed E-state index contributed by atoms with van der Waals surface area (Å²) in [7, 11) is 0. The van der Waals surface area contributed by atoms with Gasteiger partial charge in [0.1, 0.15) is 5.69 Å². The summed E-state index contributed by atoms with van der Waals surface area (Å²) in [6.45, 7) is 1.39. The van der Waals surface area contributed by atoms with Crippen molar-refractivity contribution in [2.45, 2.75) is 13.3 Å². The smallest absolute Gasteiger partial charge is 0.280 e. The van der Waals surface area contributed by atoms with Crippen LogP contribution in [0.15, 0.2) is 6.20 Å². The molecule has 5 heteroatoms. The number of rotatable bonds is 1.